The van der Waals surface area contributed by atoms with Gasteiger partial charge in [0.1, 0.15) is 28.6 Å². The Morgan fingerprint density at radius 2 is 1.63 bits per heavy atom. The first-order valence-corrected chi connectivity index (χ1v) is 14.7. The molecule has 1 heterocycles. The predicted molar refractivity (Wildman–Crippen MR) is 158 cm³/mol. The predicted octanol–water partition coefficient (Wildman–Crippen LogP) is 6.67. The number of carbonyl (C=O) groups is 3. The number of hydrogen-bond acceptors (Lipinski definition) is 6. The minimum absolute atomic E-state index is 0.0260. The number of ether oxygens (including phenoxy) is 3. The van der Waals surface area contributed by atoms with Crippen LogP contribution < -0.4 is 20.1 Å². The maximum Gasteiger partial charge on any atom is 0.408 e. The number of nitrogens with one attached hydrogen (secondary N) is 2. The highest BCUT2D eigenvalue weighted by Crippen LogP contribution is 2.53. The number of benzene rings is 2. The number of methoxy groups -OCH3 is 1. The third kappa shape index (κ3) is 6.21. The molecule has 2 atom stereocenters. The maximum atomic E-state index is 14.1. The molecule has 222 valence electrons. The normalized spacial score (nSPS) is 20.0. The molecule has 2 N–H and O–H groups in total. The highest BCUT2D eigenvalue weighted by atomic mass is 16.6. The van der Waals surface area contributed by atoms with Crippen LogP contribution in [0.3, 0.4) is 0 Å². The molecule has 2 aromatic rings. The number of fused-ring (bicyclic) bond motifs is 1. The molecule has 8 heteroatoms. The van der Waals surface area contributed by atoms with Crippen LogP contribution in [0.25, 0.3) is 0 Å². The van der Waals surface area contributed by atoms with Gasteiger partial charge in [-0.05, 0) is 81.7 Å². The number of rotatable bonds is 7. The quantitative estimate of drug-likeness (QED) is 0.221. The van der Waals surface area contributed by atoms with E-state index in [1.54, 1.807) is 40.0 Å². The van der Waals surface area contributed by atoms with Gasteiger partial charge < -0.3 is 24.8 Å². The zero-order valence-electron chi connectivity index (χ0n) is 25.4. The van der Waals surface area contributed by atoms with Gasteiger partial charge in [-0.3, -0.25) is 4.79 Å². The standard InChI is InChI=1S/C33H44N2O6/c1-20(2)27(35-31(38)41-32(4,5)6)29(36)40-24-16-14-23(15-17-24)33(22-12-10-8-9-11-13-22)25-18-19-26(39-7)21(3)28(25)34-30(33)37/h14-20,22,27H,8-13H2,1-7H3,(H,34,37)(H,35,38)/t27-,33?/m0/s1. The molecule has 0 saturated heterocycles. The molecule has 1 saturated carbocycles. The molecule has 2 amide bonds. The Labute approximate surface area is 243 Å². The molecule has 1 aliphatic carbocycles. The summed E-state index contributed by atoms with van der Waals surface area (Å²) in [5.41, 5.74) is 2.04. The topological polar surface area (TPSA) is 103 Å². The number of amides is 2. The third-order valence-electron chi connectivity index (χ3n) is 8.25. The first-order valence-electron chi connectivity index (χ1n) is 14.7. The monoisotopic (exact) mass is 564 g/mol. The van der Waals surface area contributed by atoms with Crippen LogP contribution in [0.1, 0.15) is 89.8 Å². The lowest BCUT2D eigenvalue weighted by molar-refractivity contribution is -0.138. The molecule has 2 aromatic carbocycles. The summed E-state index contributed by atoms with van der Waals surface area (Å²) < 4.78 is 16.6. The van der Waals surface area contributed by atoms with Crippen LogP contribution in [0.4, 0.5) is 10.5 Å². The van der Waals surface area contributed by atoms with E-state index in [4.69, 9.17) is 14.2 Å². The van der Waals surface area contributed by atoms with Crippen molar-refractivity contribution in [3.8, 4) is 11.5 Å². The van der Waals surface area contributed by atoms with Crippen molar-refractivity contribution in [1.82, 2.24) is 5.32 Å². The molecule has 2 aliphatic rings. The summed E-state index contributed by atoms with van der Waals surface area (Å²) >= 11 is 0. The highest BCUT2D eigenvalue weighted by Gasteiger charge is 2.53. The zero-order valence-corrected chi connectivity index (χ0v) is 25.4. The molecule has 0 bridgehead atoms. The lowest BCUT2D eigenvalue weighted by Gasteiger charge is -2.36. The van der Waals surface area contributed by atoms with Crippen LogP contribution in [0, 0.1) is 18.8 Å². The Morgan fingerprint density at radius 1 is 1.00 bits per heavy atom. The van der Waals surface area contributed by atoms with Crippen molar-refractivity contribution in [2.75, 3.05) is 12.4 Å². The van der Waals surface area contributed by atoms with Crippen molar-refractivity contribution in [3.05, 3.63) is 53.1 Å². The van der Waals surface area contributed by atoms with Gasteiger partial charge in [0.25, 0.3) is 0 Å². The van der Waals surface area contributed by atoms with E-state index in [9.17, 15) is 14.4 Å². The molecule has 41 heavy (non-hydrogen) atoms. The van der Waals surface area contributed by atoms with Gasteiger partial charge in [-0.15, -0.1) is 0 Å². The molecule has 1 aliphatic heterocycles. The van der Waals surface area contributed by atoms with Crippen LogP contribution in [-0.4, -0.2) is 36.7 Å². The fourth-order valence-corrected chi connectivity index (χ4v) is 6.28. The Morgan fingerprint density at radius 3 is 2.20 bits per heavy atom. The summed E-state index contributed by atoms with van der Waals surface area (Å²) in [4.78, 5) is 39.5. The van der Waals surface area contributed by atoms with Gasteiger partial charge in [0, 0.05) is 5.56 Å². The maximum absolute atomic E-state index is 14.1. The third-order valence-corrected chi connectivity index (χ3v) is 8.25. The fourth-order valence-electron chi connectivity index (χ4n) is 6.28. The minimum atomic E-state index is -0.882. The number of alkyl carbamates (subject to hydrolysis) is 1. The summed E-state index contributed by atoms with van der Waals surface area (Å²) in [6.45, 7) is 10.9. The number of carbonyl (C=O) groups excluding carboxylic acids is 3. The second-order valence-corrected chi connectivity index (χ2v) is 12.6. The Bertz CT molecular complexity index is 1270. The summed E-state index contributed by atoms with van der Waals surface area (Å²) in [5.74, 6) is 0.395. The van der Waals surface area contributed by atoms with Gasteiger partial charge in [-0.25, -0.2) is 9.59 Å². The lowest BCUT2D eigenvalue weighted by Crippen LogP contribution is -2.48. The van der Waals surface area contributed by atoms with Gasteiger partial charge >= 0.3 is 12.1 Å². The smallest absolute Gasteiger partial charge is 0.408 e. The largest absolute Gasteiger partial charge is 0.496 e. The van der Waals surface area contributed by atoms with Gasteiger partial charge in [-0.2, -0.15) is 0 Å². The van der Waals surface area contributed by atoms with Crippen molar-refractivity contribution in [3.63, 3.8) is 0 Å². The molecule has 8 nitrogen and oxygen atoms in total. The van der Waals surface area contributed by atoms with Gasteiger partial charge in [0.2, 0.25) is 5.91 Å². The van der Waals surface area contributed by atoms with E-state index in [-0.39, 0.29) is 17.7 Å². The first-order chi connectivity index (χ1) is 19.4. The summed E-state index contributed by atoms with van der Waals surface area (Å²) in [5, 5.41) is 5.84. The van der Waals surface area contributed by atoms with E-state index in [1.807, 2.05) is 45.0 Å². The lowest BCUT2D eigenvalue weighted by atomic mass is 9.64. The number of esters is 1. The Hall–Kier alpha value is -3.55. The van der Waals surface area contributed by atoms with Gasteiger partial charge in [-0.1, -0.05) is 57.7 Å². The summed E-state index contributed by atoms with van der Waals surface area (Å²) in [7, 11) is 1.64. The van der Waals surface area contributed by atoms with Crippen molar-refractivity contribution in [2.45, 2.75) is 97.1 Å². The van der Waals surface area contributed by atoms with Gasteiger partial charge in [0.05, 0.1) is 12.8 Å². The summed E-state index contributed by atoms with van der Waals surface area (Å²) in [6.07, 6.45) is 5.76. The van der Waals surface area contributed by atoms with Crippen LogP contribution in [0.5, 0.6) is 11.5 Å². The second kappa shape index (κ2) is 12.1. The van der Waals surface area contributed by atoms with Gasteiger partial charge in [0.15, 0.2) is 0 Å². The molecule has 4 rings (SSSR count). The molecule has 1 unspecified atom stereocenters. The Balaban J connectivity index is 1.65. The highest BCUT2D eigenvalue weighted by molar-refractivity contribution is 6.10. The van der Waals surface area contributed by atoms with Crippen molar-refractivity contribution < 1.29 is 28.6 Å². The van der Waals surface area contributed by atoms with Crippen molar-refractivity contribution in [1.29, 1.82) is 0 Å². The van der Waals surface area contributed by atoms with E-state index in [1.165, 1.54) is 12.8 Å². The first kappa shape index (κ1) is 30.4. The van der Waals surface area contributed by atoms with E-state index in [2.05, 4.69) is 10.6 Å². The molecule has 1 fully saturated rings. The average molecular weight is 565 g/mol. The van der Waals surface area contributed by atoms with Crippen LogP contribution in [0.15, 0.2) is 36.4 Å². The Kier molecular flexibility index (Phi) is 9.00. The SMILES string of the molecule is COc1ccc2c(c1C)NC(=O)C2(c1ccc(OC(=O)[C@@H](NC(=O)OC(C)(C)C)C(C)C)cc1)C1CCCCCC1. The average Bonchev–Trinajstić information content (AvgIpc) is 3.04. The fraction of sp³-hybridized carbons (Fsp3) is 0.545. The molecular formula is C33H44N2O6. The number of anilines is 1. The molecule has 0 radical (unpaired) electrons. The van der Waals surface area contributed by atoms with Crippen LogP contribution in [0.2, 0.25) is 0 Å². The molecule has 0 aromatic heterocycles. The second-order valence-electron chi connectivity index (χ2n) is 12.6. The molecule has 0 spiro atoms. The van der Waals surface area contributed by atoms with Crippen LogP contribution >= 0.6 is 0 Å². The van der Waals surface area contributed by atoms with Crippen LogP contribution in [-0.2, 0) is 19.7 Å². The van der Waals surface area contributed by atoms with E-state index >= 15 is 0 Å². The van der Waals surface area contributed by atoms with Crippen molar-refractivity contribution in [2.24, 2.45) is 11.8 Å². The van der Waals surface area contributed by atoms with E-state index in [0.29, 0.717) is 5.75 Å². The van der Waals surface area contributed by atoms with E-state index < -0.39 is 29.1 Å². The zero-order chi connectivity index (χ0) is 29.9. The summed E-state index contributed by atoms with van der Waals surface area (Å²) in [6, 6.07) is 10.3. The van der Waals surface area contributed by atoms with Crippen molar-refractivity contribution >= 4 is 23.7 Å². The molecular weight excluding hydrogens is 520 g/mol. The van der Waals surface area contributed by atoms with E-state index in [0.717, 1.165) is 53.8 Å². The minimum Gasteiger partial charge on any atom is -0.496 e. The number of hydrogen-bond donors (Lipinski definition) is 2.